The van der Waals surface area contributed by atoms with Gasteiger partial charge >= 0.3 is 0 Å². The predicted molar refractivity (Wildman–Crippen MR) is 97.1 cm³/mol. The molecule has 0 saturated heterocycles. The highest BCUT2D eigenvalue weighted by Crippen LogP contribution is 2.30. The summed E-state index contributed by atoms with van der Waals surface area (Å²) in [4.78, 5) is 4.06. The van der Waals surface area contributed by atoms with E-state index in [1.807, 2.05) is 6.07 Å². The van der Waals surface area contributed by atoms with Crippen LogP contribution in [0.1, 0.15) is 5.56 Å². The van der Waals surface area contributed by atoms with E-state index in [1.165, 1.54) is 10.9 Å². The van der Waals surface area contributed by atoms with Gasteiger partial charge in [0.25, 0.3) is 0 Å². The smallest absolute Gasteiger partial charge is 0.216 e. The molecule has 23 heavy (non-hydrogen) atoms. The van der Waals surface area contributed by atoms with Gasteiger partial charge in [0.2, 0.25) is 4.77 Å². The molecule has 0 aliphatic heterocycles. The van der Waals surface area contributed by atoms with E-state index >= 15 is 0 Å². The molecule has 9 heteroatoms. The minimum Gasteiger partial charge on any atom is -0.506 e. The highest BCUT2D eigenvalue weighted by molar-refractivity contribution is 9.11. The van der Waals surface area contributed by atoms with Crippen molar-refractivity contribution in [3.63, 3.8) is 0 Å². The van der Waals surface area contributed by atoms with Crippen molar-refractivity contribution in [2.24, 2.45) is 5.10 Å². The summed E-state index contributed by atoms with van der Waals surface area (Å²) in [5.41, 5.74) is 1.31. The van der Waals surface area contributed by atoms with Crippen LogP contribution >= 0.6 is 44.1 Å². The van der Waals surface area contributed by atoms with Crippen molar-refractivity contribution in [3.05, 3.63) is 55.9 Å². The van der Waals surface area contributed by atoms with Crippen LogP contribution < -0.4 is 0 Å². The molecule has 0 radical (unpaired) electrons. The number of aromatic nitrogens is 4. The Morgan fingerprint density at radius 3 is 2.91 bits per heavy atom. The molecule has 0 amide bonds. The van der Waals surface area contributed by atoms with Crippen LogP contribution in [0.2, 0.25) is 0 Å². The molecular weight excluding hydrogens is 446 g/mol. The van der Waals surface area contributed by atoms with Gasteiger partial charge in [-0.05, 0) is 52.4 Å². The average molecular weight is 455 g/mol. The standard InChI is InChI=1S/C14H9Br2N5OS/c15-10-4-9(12(22)11(16)5-10)7-18-21-13(19-20-14(21)23)8-2-1-3-17-6-8/h1-7,22H,(H,20,23). The molecule has 6 nitrogen and oxygen atoms in total. The molecule has 2 heterocycles. The molecule has 116 valence electrons. The van der Waals surface area contributed by atoms with Crippen LogP contribution in [0.5, 0.6) is 5.75 Å². The third kappa shape index (κ3) is 3.41. The number of halogens is 2. The number of benzene rings is 1. The Labute approximate surface area is 153 Å². The van der Waals surface area contributed by atoms with E-state index in [2.05, 4.69) is 52.1 Å². The number of hydrogen-bond acceptors (Lipinski definition) is 5. The van der Waals surface area contributed by atoms with Gasteiger partial charge in [0.1, 0.15) is 5.75 Å². The van der Waals surface area contributed by atoms with Crippen molar-refractivity contribution in [1.29, 1.82) is 0 Å². The lowest BCUT2D eigenvalue weighted by molar-refractivity contribution is 0.471. The third-order valence-electron chi connectivity index (χ3n) is 2.94. The van der Waals surface area contributed by atoms with Crippen LogP contribution in [0.25, 0.3) is 11.4 Å². The number of phenols is 1. The highest BCUT2D eigenvalue weighted by atomic mass is 79.9. The number of H-pyrrole nitrogens is 1. The zero-order valence-electron chi connectivity index (χ0n) is 11.4. The Balaban J connectivity index is 2.05. The van der Waals surface area contributed by atoms with Crippen molar-refractivity contribution in [2.45, 2.75) is 0 Å². The molecule has 0 bridgehead atoms. The first-order valence-electron chi connectivity index (χ1n) is 6.36. The Morgan fingerprint density at radius 1 is 1.35 bits per heavy atom. The van der Waals surface area contributed by atoms with E-state index in [0.29, 0.717) is 20.6 Å². The molecule has 0 atom stereocenters. The topological polar surface area (TPSA) is 79.1 Å². The van der Waals surface area contributed by atoms with Gasteiger partial charge in [-0.2, -0.15) is 14.9 Å². The second-order valence-corrected chi connectivity index (χ2v) is 6.63. The Hall–Kier alpha value is -1.84. The van der Waals surface area contributed by atoms with Gasteiger partial charge in [0.05, 0.1) is 10.7 Å². The van der Waals surface area contributed by atoms with E-state index in [4.69, 9.17) is 12.2 Å². The van der Waals surface area contributed by atoms with Gasteiger partial charge in [0, 0.05) is 28.0 Å². The number of nitrogens with zero attached hydrogens (tertiary/aromatic N) is 4. The highest BCUT2D eigenvalue weighted by Gasteiger charge is 2.09. The maximum atomic E-state index is 10.1. The largest absolute Gasteiger partial charge is 0.506 e. The second kappa shape index (κ2) is 6.73. The number of hydrogen-bond donors (Lipinski definition) is 2. The fraction of sp³-hybridized carbons (Fsp3) is 0. The molecule has 3 aromatic rings. The fourth-order valence-electron chi connectivity index (χ4n) is 1.88. The zero-order valence-corrected chi connectivity index (χ0v) is 15.4. The lowest BCUT2D eigenvalue weighted by atomic mass is 10.2. The zero-order chi connectivity index (χ0) is 16.4. The van der Waals surface area contributed by atoms with Gasteiger partial charge in [-0.1, -0.05) is 15.9 Å². The quantitative estimate of drug-likeness (QED) is 0.461. The van der Waals surface area contributed by atoms with Crippen LogP contribution in [0, 0.1) is 4.77 Å². The van der Waals surface area contributed by atoms with Crippen LogP contribution in [0.3, 0.4) is 0 Å². The van der Waals surface area contributed by atoms with Crippen molar-refractivity contribution in [3.8, 4) is 17.1 Å². The van der Waals surface area contributed by atoms with E-state index < -0.39 is 0 Å². The van der Waals surface area contributed by atoms with E-state index in [9.17, 15) is 5.11 Å². The summed E-state index contributed by atoms with van der Waals surface area (Å²) in [5.74, 6) is 0.628. The first-order chi connectivity index (χ1) is 11.1. The lowest BCUT2D eigenvalue weighted by Crippen LogP contribution is -1.95. The monoisotopic (exact) mass is 453 g/mol. The van der Waals surface area contributed by atoms with Gasteiger partial charge < -0.3 is 5.11 Å². The lowest BCUT2D eigenvalue weighted by Gasteiger charge is -2.03. The number of phenolic OH excluding ortho intramolecular Hbond substituents is 1. The molecular formula is C14H9Br2N5OS. The molecule has 0 unspecified atom stereocenters. The average Bonchev–Trinajstić information content (AvgIpc) is 2.91. The summed E-state index contributed by atoms with van der Waals surface area (Å²) >= 11 is 11.9. The normalized spacial score (nSPS) is 11.2. The first kappa shape index (κ1) is 16.0. The van der Waals surface area contributed by atoms with Gasteiger partial charge in [-0.3, -0.25) is 4.98 Å². The summed E-state index contributed by atoms with van der Waals surface area (Å²) in [6.07, 6.45) is 4.86. The maximum absolute atomic E-state index is 10.1. The number of pyridine rings is 1. The predicted octanol–water partition coefficient (Wildman–Crippen LogP) is 4.12. The van der Waals surface area contributed by atoms with Crippen molar-refractivity contribution < 1.29 is 5.11 Å². The summed E-state index contributed by atoms with van der Waals surface area (Å²) in [6.45, 7) is 0. The molecule has 0 fully saturated rings. The molecule has 3 rings (SSSR count). The summed E-state index contributed by atoms with van der Waals surface area (Å²) in [7, 11) is 0. The number of rotatable bonds is 3. The van der Waals surface area contributed by atoms with Crippen LogP contribution in [-0.2, 0) is 0 Å². The number of aromatic hydroxyl groups is 1. The number of nitrogens with one attached hydrogen (secondary N) is 1. The molecule has 0 aliphatic carbocycles. The van der Waals surface area contributed by atoms with Crippen molar-refractivity contribution in [2.75, 3.05) is 0 Å². The molecule has 0 spiro atoms. The summed E-state index contributed by atoms with van der Waals surface area (Å²) in [5, 5.41) is 21.3. The summed E-state index contributed by atoms with van der Waals surface area (Å²) < 4.78 is 3.19. The Kier molecular flexibility index (Phi) is 4.69. The van der Waals surface area contributed by atoms with Crippen molar-refractivity contribution >= 4 is 50.3 Å². The van der Waals surface area contributed by atoms with E-state index in [1.54, 1.807) is 30.6 Å². The van der Waals surface area contributed by atoms with E-state index in [-0.39, 0.29) is 5.75 Å². The second-order valence-electron chi connectivity index (χ2n) is 4.48. The van der Waals surface area contributed by atoms with Gasteiger partial charge in [0.15, 0.2) is 5.82 Å². The molecule has 0 aliphatic rings. The van der Waals surface area contributed by atoms with Crippen molar-refractivity contribution in [1.82, 2.24) is 19.9 Å². The van der Waals surface area contributed by atoms with Crippen LogP contribution in [0.15, 0.2) is 50.7 Å². The molecule has 2 aromatic heterocycles. The Morgan fingerprint density at radius 2 is 2.17 bits per heavy atom. The van der Waals surface area contributed by atoms with E-state index in [0.717, 1.165) is 10.0 Å². The SMILES string of the molecule is Oc1c(Br)cc(Br)cc1C=Nn1c(-c2cccnc2)n[nH]c1=S. The Bertz CT molecular complexity index is 936. The van der Waals surface area contributed by atoms with Gasteiger partial charge in [-0.25, -0.2) is 5.10 Å². The van der Waals surface area contributed by atoms with Gasteiger partial charge in [-0.15, -0.1) is 0 Å². The minimum absolute atomic E-state index is 0.0925. The van der Waals surface area contributed by atoms with Crippen LogP contribution in [0.4, 0.5) is 0 Å². The first-order valence-corrected chi connectivity index (χ1v) is 8.36. The molecule has 0 saturated carbocycles. The number of aromatic amines is 1. The fourth-order valence-corrected chi connectivity index (χ4v) is 3.32. The summed E-state index contributed by atoms with van der Waals surface area (Å²) in [6, 6.07) is 7.16. The molecule has 1 aromatic carbocycles. The minimum atomic E-state index is 0.0925. The molecule has 2 N–H and O–H groups in total. The maximum Gasteiger partial charge on any atom is 0.216 e. The third-order valence-corrected chi connectivity index (χ3v) is 4.27. The van der Waals surface area contributed by atoms with Crippen LogP contribution in [-0.4, -0.2) is 31.2 Å².